The van der Waals surface area contributed by atoms with E-state index in [1.165, 1.54) is 71.7 Å². The highest BCUT2D eigenvalue weighted by Crippen LogP contribution is 2.42. The van der Waals surface area contributed by atoms with E-state index in [4.69, 9.17) is 0 Å². The summed E-state index contributed by atoms with van der Waals surface area (Å²) in [6.45, 7) is 0. The summed E-state index contributed by atoms with van der Waals surface area (Å²) in [6, 6.07) is 72.4. The van der Waals surface area contributed by atoms with Gasteiger partial charge in [-0.25, -0.2) is 0 Å². The van der Waals surface area contributed by atoms with E-state index in [0.717, 1.165) is 27.8 Å². The molecule has 0 amide bonds. The number of fused-ring (bicyclic) bond motifs is 6. The number of para-hydroxylation sites is 1. The summed E-state index contributed by atoms with van der Waals surface area (Å²) < 4.78 is 4.81. The van der Waals surface area contributed by atoms with Crippen LogP contribution >= 0.6 is 0 Å². The van der Waals surface area contributed by atoms with Crippen LogP contribution in [0.1, 0.15) is 0 Å². The molecule has 3 heteroatoms. The molecule has 0 aliphatic carbocycles. The Morgan fingerprint density at radius 3 is 1.54 bits per heavy atom. The normalized spacial score (nSPS) is 11.6. The summed E-state index contributed by atoms with van der Waals surface area (Å²) in [5.74, 6) is 0. The molecule has 0 N–H and O–H groups in total. The fraction of sp³-hybridized carbons (Fsp3) is 0. The molecule has 0 unspecified atom stereocenters. The molecule has 0 radical (unpaired) electrons. The second-order valence-corrected chi connectivity index (χ2v) is 14.4. The molecule has 56 heavy (non-hydrogen) atoms. The van der Waals surface area contributed by atoms with Gasteiger partial charge in [0.25, 0.3) is 0 Å². The predicted octanol–water partition coefficient (Wildman–Crippen LogP) is 13.9. The van der Waals surface area contributed by atoms with E-state index >= 15 is 0 Å². The molecule has 3 nitrogen and oxygen atoms in total. The smallest absolute Gasteiger partial charge is 0.0571 e. The minimum absolute atomic E-state index is 1.13. The van der Waals surface area contributed by atoms with Crippen LogP contribution in [0.4, 0.5) is 0 Å². The summed E-state index contributed by atoms with van der Waals surface area (Å²) in [7, 11) is 0. The summed E-state index contributed by atoms with van der Waals surface area (Å²) in [6.07, 6.45) is 3.90. The second-order valence-electron chi connectivity index (χ2n) is 14.4. The SMILES string of the molecule is c1ccc(-c2ccc(-n3c4ccncc4c4cc(-c5cccc6c5c5ccccc5n6-c5cc(-c6ccccc6)cc(-c6ccccc6)c5)ccc43)cc2)cc1. The first-order valence-corrected chi connectivity index (χ1v) is 19.1. The lowest BCUT2D eigenvalue weighted by molar-refractivity contribution is 1.17. The number of benzene rings is 8. The molecule has 0 fully saturated rings. The third-order valence-electron chi connectivity index (χ3n) is 11.2. The van der Waals surface area contributed by atoms with Crippen molar-refractivity contribution >= 4 is 43.6 Å². The van der Waals surface area contributed by atoms with Crippen LogP contribution in [-0.2, 0) is 0 Å². The molecule has 0 aliphatic rings. The zero-order valence-electron chi connectivity index (χ0n) is 30.5. The Balaban J connectivity index is 1.10. The van der Waals surface area contributed by atoms with Gasteiger partial charge in [0.05, 0.1) is 22.1 Å². The topological polar surface area (TPSA) is 22.8 Å². The molecule has 11 rings (SSSR count). The van der Waals surface area contributed by atoms with Crippen molar-refractivity contribution in [1.29, 1.82) is 0 Å². The molecule has 0 saturated carbocycles. The van der Waals surface area contributed by atoms with Crippen molar-refractivity contribution < 1.29 is 0 Å². The van der Waals surface area contributed by atoms with Gasteiger partial charge in [0.15, 0.2) is 0 Å². The first-order chi connectivity index (χ1) is 27.8. The number of hydrogen-bond donors (Lipinski definition) is 0. The van der Waals surface area contributed by atoms with Gasteiger partial charge in [-0.2, -0.15) is 0 Å². The minimum Gasteiger partial charge on any atom is -0.309 e. The molecule has 0 saturated heterocycles. The van der Waals surface area contributed by atoms with Crippen LogP contribution in [0, 0.1) is 0 Å². The van der Waals surface area contributed by atoms with E-state index in [-0.39, 0.29) is 0 Å². The lowest BCUT2D eigenvalue weighted by atomic mass is 9.97. The molecular weight excluding hydrogens is 679 g/mol. The van der Waals surface area contributed by atoms with Gasteiger partial charge in [-0.3, -0.25) is 4.98 Å². The molecule has 0 aliphatic heterocycles. The highest BCUT2D eigenvalue weighted by atomic mass is 15.0. The number of rotatable bonds is 6. The monoisotopic (exact) mass is 713 g/mol. The Morgan fingerprint density at radius 1 is 0.304 bits per heavy atom. The third-order valence-corrected chi connectivity index (χ3v) is 11.2. The van der Waals surface area contributed by atoms with Crippen LogP contribution in [0.3, 0.4) is 0 Å². The largest absolute Gasteiger partial charge is 0.309 e. The Kier molecular flexibility index (Phi) is 7.49. The molecular formula is C53H35N3. The highest BCUT2D eigenvalue weighted by Gasteiger charge is 2.19. The number of hydrogen-bond acceptors (Lipinski definition) is 1. The molecule has 0 spiro atoms. The first kappa shape index (κ1) is 32.0. The van der Waals surface area contributed by atoms with E-state index in [0.29, 0.717) is 0 Å². The van der Waals surface area contributed by atoms with Crippen molar-refractivity contribution in [3.8, 4) is 55.9 Å². The van der Waals surface area contributed by atoms with Crippen LogP contribution in [0.5, 0.6) is 0 Å². The summed E-state index contributed by atoms with van der Waals surface area (Å²) in [4.78, 5) is 4.60. The maximum atomic E-state index is 4.60. The van der Waals surface area contributed by atoms with Gasteiger partial charge >= 0.3 is 0 Å². The van der Waals surface area contributed by atoms with E-state index in [2.05, 4.69) is 214 Å². The lowest BCUT2D eigenvalue weighted by Crippen LogP contribution is -1.96. The van der Waals surface area contributed by atoms with Crippen molar-refractivity contribution in [2.24, 2.45) is 0 Å². The molecule has 3 aromatic heterocycles. The Hall–Kier alpha value is -7.49. The van der Waals surface area contributed by atoms with Crippen LogP contribution < -0.4 is 0 Å². The van der Waals surface area contributed by atoms with Gasteiger partial charge in [0.2, 0.25) is 0 Å². The van der Waals surface area contributed by atoms with Gasteiger partial charge in [0.1, 0.15) is 0 Å². The molecule has 3 heterocycles. The van der Waals surface area contributed by atoms with Crippen LogP contribution in [0.15, 0.2) is 213 Å². The molecule has 0 atom stereocenters. The van der Waals surface area contributed by atoms with Gasteiger partial charge in [-0.15, -0.1) is 0 Å². The van der Waals surface area contributed by atoms with Crippen LogP contribution in [0.2, 0.25) is 0 Å². The third kappa shape index (κ3) is 5.25. The minimum atomic E-state index is 1.13. The Bertz CT molecular complexity index is 3150. The predicted molar refractivity (Wildman–Crippen MR) is 235 cm³/mol. The van der Waals surface area contributed by atoms with E-state index in [9.17, 15) is 0 Å². The summed E-state index contributed by atoms with van der Waals surface area (Å²) in [5, 5.41) is 4.79. The van der Waals surface area contributed by atoms with Gasteiger partial charge in [-0.1, -0.05) is 140 Å². The van der Waals surface area contributed by atoms with E-state index in [1.54, 1.807) is 0 Å². The van der Waals surface area contributed by atoms with Gasteiger partial charge < -0.3 is 9.13 Å². The average molecular weight is 714 g/mol. The number of aromatic nitrogens is 3. The van der Waals surface area contributed by atoms with Gasteiger partial charge in [-0.05, 0) is 105 Å². The lowest BCUT2D eigenvalue weighted by Gasteiger charge is -2.14. The average Bonchev–Trinajstić information content (AvgIpc) is 3.80. The Morgan fingerprint density at radius 2 is 0.839 bits per heavy atom. The van der Waals surface area contributed by atoms with E-state index < -0.39 is 0 Å². The summed E-state index contributed by atoms with van der Waals surface area (Å²) >= 11 is 0. The molecule has 0 bridgehead atoms. The van der Waals surface area contributed by atoms with E-state index in [1.807, 2.05) is 12.4 Å². The standard InChI is InChI=1S/C53H35N3/c1-4-13-36(14-5-1)39-23-26-43(27-24-39)55-50-28-25-40(34-47(50)48-35-54-30-29-51(48)55)45-20-12-22-52-53(45)46-19-10-11-21-49(46)56(52)44-32-41(37-15-6-2-7-16-37)31-42(33-44)38-17-8-3-9-18-38/h1-35H. The molecule has 8 aromatic carbocycles. The quantitative estimate of drug-likeness (QED) is 0.168. The zero-order valence-corrected chi connectivity index (χ0v) is 30.5. The van der Waals surface area contributed by atoms with Crippen molar-refractivity contribution in [2.75, 3.05) is 0 Å². The summed E-state index contributed by atoms with van der Waals surface area (Å²) in [5.41, 5.74) is 16.5. The zero-order chi connectivity index (χ0) is 37.0. The second kappa shape index (κ2) is 13.1. The number of nitrogens with zero attached hydrogens (tertiary/aromatic N) is 3. The van der Waals surface area contributed by atoms with Crippen LogP contribution in [-0.4, -0.2) is 14.1 Å². The fourth-order valence-corrected chi connectivity index (χ4v) is 8.62. The molecule has 262 valence electrons. The maximum absolute atomic E-state index is 4.60. The highest BCUT2D eigenvalue weighted by molar-refractivity contribution is 6.17. The fourth-order valence-electron chi connectivity index (χ4n) is 8.62. The first-order valence-electron chi connectivity index (χ1n) is 19.1. The van der Waals surface area contributed by atoms with Crippen molar-refractivity contribution in [3.63, 3.8) is 0 Å². The van der Waals surface area contributed by atoms with Crippen LogP contribution in [0.25, 0.3) is 99.5 Å². The Labute approximate surface area is 325 Å². The molecule has 11 aromatic rings. The van der Waals surface area contributed by atoms with Crippen molar-refractivity contribution in [3.05, 3.63) is 213 Å². The van der Waals surface area contributed by atoms with Crippen molar-refractivity contribution in [1.82, 2.24) is 14.1 Å². The maximum Gasteiger partial charge on any atom is 0.0571 e. The van der Waals surface area contributed by atoms with Crippen molar-refractivity contribution in [2.45, 2.75) is 0 Å². The number of pyridine rings is 1. The van der Waals surface area contributed by atoms with Gasteiger partial charge in [0, 0.05) is 45.3 Å².